The minimum absolute atomic E-state index is 0.862. The Balaban J connectivity index is 1.62. The highest BCUT2D eigenvalue weighted by Crippen LogP contribution is 2.28. The molecule has 0 saturated heterocycles. The fraction of sp³-hybridized carbons (Fsp3) is 0.158. The van der Waals surface area contributed by atoms with Crippen LogP contribution in [0.4, 0.5) is 5.69 Å². The van der Waals surface area contributed by atoms with Crippen molar-refractivity contribution >= 4 is 16.5 Å². The van der Waals surface area contributed by atoms with Crippen molar-refractivity contribution in [1.29, 1.82) is 0 Å². The van der Waals surface area contributed by atoms with Crippen molar-refractivity contribution < 1.29 is 0 Å². The Morgan fingerprint density at radius 1 is 0.857 bits per heavy atom. The number of nitrogen functional groups attached to an aromatic ring is 1. The van der Waals surface area contributed by atoms with Crippen molar-refractivity contribution in [3.63, 3.8) is 0 Å². The Morgan fingerprint density at radius 3 is 2.62 bits per heavy atom. The van der Waals surface area contributed by atoms with Crippen LogP contribution in [0.25, 0.3) is 10.8 Å². The Kier molecular flexibility index (Phi) is 2.90. The molecule has 0 bridgehead atoms. The molecule has 0 spiro atoms. The lowest BCUT2D eigenvalue weighted by atomic mass is 10.0. The standard InChI is InChI=1S/C19H18N2/c20-18-9-8-15-11-21(13-17(15)10-18)12-16-6-3-5-14-4-1-2-7-19(14)16/h1-10H,11-13,20H2. The molecule has 2 heteroatoms. The maximum absolute atomic E-state index is 5.88. The molecule has 0 aromatic heterocycles. The van der Waals surface area contributed by atoms with E-state index in [9.17, 15) is 0 Å². The minimum atomic E-state index is 0.862. The summed E-state index contributed by atoms with van der Waals surface area (Å²) in [5.74, 6) is 0. The quantitative estimate of drug-likeness (QED) is 0.717. The topological polar surface area (TPSA) is 29.3 Å². The van der Waals surface area contributed by atoms with E-state index in [2.05, 4.69) is 59.5 Å². The molecular weight excluding hydrogens is 256 g/mol. The average molecular weight is 274 g/mol. The first-order valence-corrected chi connectivity index (χ1v) is 7.36. The molecule has 0 fully saturated rings. The summed E-state index contributed by atoms with van der Waals surface area (Å²) >= 11 is 0. The molecule has 2 nitrogen and oxygen atoms in total. The second kappa shape index (κ2) is 4.90. The molecule has 1 aliphatic heterocycles. The maximum atomic E-state index is 5.88. The Hall–Kier alpha value is -2.32. The average Bonchev–Trinajstić information content (AvgIpc) is 2.89. The Morgan fingerprint density at radius 2 is 1.67 bits per heavy atom. The van der Waals surface area contributed by atoms with Crippen LogP contribution in [0.1, 0.15) is 16.7 Å². The number of hydrogen-bond donors (Lipinski definition) is 1. The molecule has 0 amide bonds. The van der Waals surface area contributed by atoms with Gasteiger partial charge in [-0.1, -0.05) is 48.5 Å². The number of rotatable bonds is 2. The summed E-state index contributed by atoms with van der Waals surface area (Å²) in [7, 11) is 0. The number of hydrogen-bond acceptors (Lipinski definition) is 2. The van der Waals surface area contributed by atoms with Gasteiger partial charge in [0.15, 0.2) is 0 Å². The molecule has 3 aromatic carbocycles. The Bertz CT molecular complexity index is 802. The lowest BCUT2D eigenvalue weighted by Crippen LogP contribution is -2.15. The van der Waals surface area contributed by atoms with Gasteiger partial charge >= 0.3 is 0 Å². The number of nitrogens with two attached hydrogens (primary N) is 1. The molecule has 0 unspecified atom stereocenters. The van der Waals surface area contributed by atoms with Crippen LogP contribution in [0.5, 0.6) is 0 Å². The fourth-order valence-corrected chi connectivity index (χ4v) is 3.27. The first-order valence-electron chi connectivity index (χ1n) is 7.36. The third kappa shape index (κ3) is 2.28. The summed E-state index contributed by atoms with van der Waals surface area (Å²) in [6.07, 6.45) is 0. The van der Waals surface area contributed by atoms with Gasteiger partial charge in [-0.05, 0) is 39.6 Å². The van der Waals surface area contributed by atoms with Crippen molar-refractivity contribution in [2.75, 3.05) is 5.73 Å². The molecule has 2 N–H and O–H groups in total. The number of fused-ring (bicyclic) bond motifs is 2. The Labute approximate surface area is 124 Å². The van der Waals surface area contributed by atoms with Crippen LogP contribution in [-0.2, 0) is 19.6 Å². The molecule has 104 valence electrons. The third-order valence-electron chi connectivity index (χ3n) is 4.29. The van der Waals surface area contributed by atoms with Crippen LogP contribution in [-0.4, -0.2) is 4.90 Å². The maximum Gasteiger partial charge on any atom is 0.0317 e. The van der Waals surface area contributed by atoms with Gasteiger partial charge in [-0.2, -0.15) is 0 Å². The zero-order valence-corrected chi connectivity index (χ0v) is 11.9. The number of anilines is 1. The number of benzene rings is 3. The van der Waals surface area contributed by atoms with Crippen molar-refractivity contribution in [1.82, 2.24) is 4.90 Å². The zero-order chi connectivity index (χ0) is 14.2. The second-order valence-corrected chi connectivity index (χ2v) is 5.81. The predicted molar refractivity (Wildman–Crippen MR) is 87.8 cm³/mol. The minimum Gasteiger partial charge on any atom is -0.399 e. The van der Waals surface area contributed by atoms with Gasteiger partial charge in [0, 0.05) is 25.3 Å². The summed E-state index contributed by atoms with van der Waals surface area (Å²) in [4.78, 5) is 2.48. The van der Waals surface area contributed by atoms with E-state index >= 15 is 0 Å². The van der Waals surface area contributed by atoms with Crippen molar-refractivity contribution in [3.8, 4) is 0 Å². The highest BCUT2D eigenvalue weighted by molar-refractivity contribution is 5.85. The molecule has 4 rings (SSSR count). The van der Waals surface area contributed by atoms with Crippen LogP contribution in [0, 0.1) is 0 Å². The van der Waals surface area contributed by atoms with E-state index in [1.165, 1.54) is 27.5 Å². The van der Waals surface area contributed by atoms with Gasteiger partial charge in [-0.3, -0.25) is 4.90 Å². The monoisotopic (exact) mass is 274 g/mol. The van der Waals surface area contributed by atoms with E-state index in [0.717, 1.165) is 25.3 Å². The van der Waals surface area contributed by atoms with Crippen LogP contribution in [0.2, 0.25) is 0 Å². The van der Waals surface area contributed by atoms with Crippen LogP contribution >= 0.6 is 0 Å². The lowest BCUT2D eigenvalue weighted by Gasteiger charge is -2.16. The van der Waals surface area contributed by atoms with E-state index in [-0.39, 0.29) is 0 Å². The van der Waals surface area contributed by atoms with E-state index in [1.807, 2.05) is 6.07 Å². The highest BCUT2D eigenvalue weighted by atomic mass is 15.1. The molecule has 3 aromatic rings. The van der Waals surface area contributed by atoms with Gasteiger partial charge in [0.05, 0.1) is 0 Å². The van der Waals surface area contributed by atoms with Gasteiger partial charge in [0.1, 0.15) is 0 Å². The molecule has 0 aliphatic carbocycles. The third-order valence-corrected chi connectivity index (χ3v) is 4.29. The first-order chi connectivity index (χ1) is 10.3. The van der Waals surface area contributed by atoms with Crippen molar-refractivity contribution in [3.05, 3.63) is 77.4 Å². The van der Waals surface area contributed by atoms with Crippen LogP contribution in [0.3, 0.4) is 0 Å². The highest BCUT2D eigenvalue weighted by Gasteiger charge is 2.19. The van der Waals surface area contributed by atoms with Gasteiger partial charge in [-0.15, -0.1) is 0 Å². The largest absolute Gasteiger partial charge is 0.399 e. The summed E-state index contributed by atoms with van der Waals surface area (Å²) < 4.78 is 0. The predicted octanol–water partition coefficient (Wildman–Crippen LogP) is 3.94. The smallest absolute Gasteiger partial charge is 0.0317 e. The molecule has 21 heavy (non-hydrogen) atoms. The van der Waals surface area contributed by atoms with E-state index < -0.39 is 0 Å². The second-order valence-electron chi connectivity index (χ2n) is 5.81. The van der Waals surface area contributed by atoms with Crippen molar-refractivity contribution in [2.45, 2.75) is 19.6 Å². The first kappa shape index (κ1) is 12.4. The summed E-state index contributed by atoms with van der Waals surface area (Å²) in [6.45, 7) is 2.98. The van der Waals surface area contributed by atoms with Gasteiger partial charge < -0.3 is 5.73 Å². The molecular formula is C19H18N2. The SMILES string of the molecule is Nc1ccc2c(c1)CN(Cc1cccc3ccccc13)C2. The van der Waals surface area contributed by atoms with E-state index in [4.69, 9.17) is 5.73 Å². The summed E-state index contributed by atoms with van der Waals surface area (Å²) in [6, 6.07) is 21.4. The molecule has 0 saturated carbocycles. The lowest BCUT2D eigenvalue weighted by molar-refractivity contribution is 0.276. The van der Waals surface area contributed by atoms with E-state index in [1.54, 1.807) is 0 Å². The van der Waals surface area contributed by atoms with Crippen LogP contribution in [0.15, 0.2) is 60.7 Å². The normalized spacial score (nSPS) is 14.5. The van der Waals surface area contributed by atoms with Crippen molar-refractivity contribution in [2.24, 2.45) is 0 Å². The summed E-state index contributed by atoms with van der Waals surface area (Å²) in [5, 5.41) is 2.67. The number of nitrogens with zero attached hydrogens (tertiary/aromatic N) is 1. The van der Waals surface area contributed by atoms with Gasteiger partial charge in [0.2, 0.25) is 0 Å². The molecule has 0 radical (unpaired) electrons. The van der Waals surface area contributed by atoms with Crippen LogP contribution < -0.4 is 5.73 Å². The molecule has 1 aliphatic rings. The zero-order valence-electron chi connectivity index (χ0n) is 11.9. The molecule has 1 heterocycles. The van der Waals surface area contributed by atoms with Gasteiger partial charge in [-0.25, -0.2) is 0 Å². The fourth-order valence-electron chi connectivity index (χ4n) is 3.27. The van der Waals surface area contributed by atoms with Gasteiger partial charge in [0.25, 0.3) is 0 Å². The summed E-state index contributed by atoms with van der Waals surface area (Å²) in [5.41, 5.74) is 10.9. The van der Waals surface area contributed by atoms with E-state index in [0.29, 0.717) is 0 Å². The molecule has 0 atom stereocenters.